The van der Waals surface area contributed by atoms with E-state index in [1.54, 1.807) is 30.3 Å². The lowest BCUT2D eigenvalue weighted by Crippen LogP contribution is -2.39. The summed E-state index contributed by atoms with van der Waals surface area (Å²) >= 11 is 1.38. The van der Waals surface area contributed by atoms with Gasteiger partial charge in [-0.15, -0.1) is 11.3 Å². The summed E-state index contributed by atoms with van der Waals surface area (Å²) < 4.78 is 33.4. The van der Waals surface area contributed by atoms with Crippen molar-refractivity contribution in [2.24, 2.45) is 0 Å². The Morgan fingerprint density at radius 1 is 1.30 bits per heavy atom. The topological polar surface area (TPSA) is 116 Å². The van der Waals surface area contributed by atoms with Crippen LogP contribution in [0.3, 0.4) is 0 Å². The number of carbonyl (C=O) groups is 1. The molecule has 3 aromatic rings. The first kappa shape index (κ1) is 23.2. The summed E-state index contributed by atoms with van der Waals surface area (Å²) in [6, 6.07) is 10.5. The summed E-state index contributed by atoms with van der Waals surface area (Å²) in [4.78, 5) is 25.9. The fourth-order valence-corrected chi connectivity index (χ4v) is 5.53. The maximum absolute atomic E-state index is 13.2. The molecular weight excluding hydrogens is 466 g/mol. The van der Waals surface area contributed by atoms with Crippen molar-refractivity contribution >= 4 is 33.0 Å². The molecule has 4 rings (SSSR count). The summed E-state index contributed by atoms with van der Waals surface area (Å²) in [6.45, 7) is 0.419. The fraction of sp³-hybridized carbons (Fsp3) is 0.381. The lowest BCUT2D eigenvalue weighted by atomic mass is 9.99. The van der Waals surface area contributed by atoms with Gasteiger partial charge in [-0.1, -0.05) is 6.07 Å². The number of hydrogen-bond donors (Lipinski definition) is 1. The maximum atomic E-state index is 13.2. The second-order valence-corrected chi connectivity index (χ2v) is 10.7. The number of anilines is 1. The number of thiophene rings is 1. The SMILES string of the molecule is COc1cccc(NC(=O)Cn2nc(C3CCCN(S(C)(=O)=O)C3)n(-c3cccs3)c2=O)c1. The highest BCUT2D eigenvalue weighted by Gasteiger charge is 2.32. The molecule has 0 aliphatic carbocycles. The summed E-state index contributed by atoms with van der Waals surface area (Å²) in [6.07, 6.45) is 2.55. The number of nitrogens with one attached hydrogen (secondary N) is 1. The minimum atomic E-state index is -3.36. The number of sulfonamides is 1. The smallest absolute Gasteiger partial charge is 0.351 e. The number of ether oxygens (including phenoxy) is 1. The molecule has 0 bridgehead atoms. The molecule has 1 aliphatic rings. The van der Waals surface area contributed by atoms with Gasteiger partial charge in [0.2, 0.25) is 15.9 Å². The summed E-state index contributed by atoms with van der Waals surface area (Å²) in [7, 11) is -1.82. The largest absolute Gasteiger partial charge is 0.497 e. The predicted octanol–water partition coefficient (Wildman–Crippen LogP) is 1.88. The molecule has 1 aliphatic heterocycles. The number of methoxy groups -OCH3 is 1. The number of carbonyl (C=O) groups excluding carboxylic acids is 1. The number of piperidine rings is 1. The van der Waals surface area contributed by atoms with E-state index in [4.69, 9.17) is 4.74 Å². The van der Waals surface area contributed by atoms with Gasteiger partial charge in [0.25, 0.3) is 0 Å². The normalized spacial score (nSPS) is 17.1. The molecular formula is C21H25N5O5S2. The molecule has 176 valence electrons. The molecule has 1 amide bonds. The van der Waals surface area contributed by atoms with E-state index in [0.29, 0.717) is 41.6 Å². The predicted molar refractivity (Wildman–Crippen MR) is 126 cm³/mol. The molecule has 3 heterocycles. The highest BCUT2D eigenvalue weighted by molar-refractivity contribution is 7.88. The van der Waals surface area contributed by atoms with Crippen molar-refractivity contribution in [1.29, 1.82) is 0 Å². The van der Waals surface area contributed by atoms with Gasteiger partial charge in [-0.25, -0.2) is 26.8 Å². The van der Waals surface area contributed by atoms with Crippen LogP contribution in [-0.2, 0) is 21.4 Å². The fourth-order valence-electron chi connectivity index (χ4n) is 3.89. The van der Waals surface area contributed by atoms with Crippen LogP contribution in [0.15, 0.2) is 46.6 Å². The van der Waals surface area contributed by atoms with E-state index in [0.717, 1.165) is 4.68 Å². The number of benzene rings is 1. The van der Waals surface area contributed by atoms with E-state index in [1.165, 1.54) is 33.6 Å². The average molecular weight is 492 g/mol. The van der Waals surface area contributed by atoms with Gasteiger partial charge in [-0.05, 0) is 42.5 Å². The third-order valence-corrected chi connectivity index (χ3v) is 7.58. The van der Waals surface area contributed by atoms with Gasteiger partial charge in [0.05, 0.1) is 13.4 Å². The van der Waals surface area contributed by atoms with E-state index < -0.39 is 21.6 Å². The van der Waals surface area contributed by atoms with Gasteiger partial charge in [0.1, 0.15) is 23.1 Å². The Balaban J connectivity index is 1.63. The highest BCUT2D eigenvalue weighted by atomic mass is 32.2. The van der Waals surface area contributed by atoms with E-state index in [1.807, 2.05) is 11.4 Å². The van der Waals surface area contributed by atoms with Gasteiger partial charge >= 0.3 is 5.69 Å². The summed E-state index contributed by atoms with van der Waals surface area (Å²) in [5.74, 6) is 0.395. The third-order valence-electron chi connectivity index (χ3n) is 5.46. The van der Waals surface area contributed by atoms with Crippen LogP contribution in [0.5, 0.6) is 5.75 Å². The lowest BCUT2D eigenvalue weighted by molar-refractivity contribution is -0.117. The van der Waals surface area contributed by atoms with Crippen molar-refractivity contribution in [2.75, 3.05) is 31.8 Å². The quantitative estimate of drug-likeness (QED) is 0.540. The molecule has 0 spiro atoms. The van der Waals surface area contributed by atoms with Crippen LogP contribution in [-0.4, -0.2) is 59.4 Å². The van der Waals surface area contributed by atoms with Crippen molar-refractivity contribution < 1.29 is 17.9 Å². The maximum Gasteiger partial charge on any atom is 0.351 e. The molecule has 1 aromatic carbocycles. The Bertz CT molecular complexity index is 1300. The molecule has 1 fully saturated rings. The van der Waals surface area contributed by atoms with Gasteiger partial charge in [0.15, 0.2) is 0 Å². The number of nitrogens with zero attached hydrogens (tertiary/aromatic N) is 4. The van der Waals surface area contributed by atoms with Gasteiger partial charge in [-0.3, -0.25) is 4.79 Å². The molecule has 1 saturated heterocycles. The van der Waals surface area contributed by atoms with E-state index in [9.17, 15) is 18.0 Å². The van der Waals surface area contributed by atoms with Crippen LogP contribution in [0.2, 0.25) is 0 Å². The Hall–Kier alpha value is -2.96. The van der Waals surface area contributed by atoms with E-state index >= 15 is 0 Å². The molecule has 1 unspecified atom stereocenters. The molecule has 0 saturated carbocycles. The van der Waals surface area contributed by atoms with Crippen LogP contribution in [0.25, 0.3) is 5.00 Å². The number of amides is 1. The minimum Gasteiger partial charge on any atom is -0.497 e. The van der Waals surface area contributed by atoms with Crippen molar-refractivity contribution in [2.45, 2.75) is 25.3 Å². The van der Waals surface area contributed by atoms with Gasteiger partial charge < -0.3 is 10.1 Å². The lowest BCUT2D eigenvalue weighted by Gasteiger charge is -2.30. The molecule has 33 heavy (non-hydrogen) atoms. The second-order valence-electron chi connectivity index (χ2n) is 7.83. The second kappa shape index (κ2) is 9.49. The van der Waals surface area contributed by atoms with Crippen molar-refractivity contribution in [3.8, 4) is 10.8 Å². The van der Waals surface area contributed by atoms with Crippen molar-refractivity contribution in [1.82, 2.24) is 18.7 Å². The number of rotatable bonds is 7. The first-order chi connectivity index (χ1) is 15.8. The van der Waals surface area contributed by atoms with Crippen LogP contribution in [0.1, 0.15) is 24.6 Å². The minimum absolute atomic E-state index is 0.247. The molecule has 12 heteroatoms. The number of hydrogen-bond acceptors (Lipinski definition) is 7. The van der Waals surface area contributed by atoms with E-state index in [2.05, 4.69) is 10.4 Å². The molecule has 0 radical (unpaired) electrons. The van der Waals surface area contributed by atoms with Crippen molar-refractivity contribution in [3.05, 3.63) is 58.1 Å². The first-order valence-corrected chi connectivity index (χ1v) is 13.1. The zero-order valence-electron chi connectivity index (χ0n) is 18.3. The van der Waals surface area contributed by atoms with Crippen LogP contribution >= 0.6 is 11.3 Å². The van der Waals surface area contributed by atoms with Crippen LogP contribution in [0.4, 0.5) is 5.69 Å². The monoisotopic (exact) mass is 491 g/mol. The van der Waals surface area contributed by atoms with Crippen LogP contribution < -0.4 is 15.7 Å². The third kappa shape index (κ3) is 5.18. The Labute approximate surface area is 195 Å². The Morgan fingerprint density at radius 3 is 2.82 bits per heavy atom. The summed E-state index contributed by atoms with van der Waals surface area (Å²) in [5, 5.41) is 9.76. The molecule has 2 aromatic heterocycles. The van der Waals surface area contributed by atoms with E-state index in [-0.39, 0.29) is 19.0 Å². The highest BCUT2D eigenvalue weighted by Crippen LogP contribution is 2.28. The molecule has 1 N–H and O–H groups in total. The zero-order chi connectivity index (χ0) is 23.6. The number of aromatic nitrogens is 3. The van der Waals surface area contributed by atoms with Crippen molar-refractivity contribution in [3.63, 3.8) is 0 Å². The molecule has 1 atom stereocenters. The van der Waals surface area contributed by atoms with Gasteiger partial charge in [-0.2, -0.15) is 5.10 Å². The molecule has 10 nitrogen and oxygen atoms in total. The first-order valence-electron chi connectivity index (χ1n) is 10.4. The Kier molecular flexibility index (Phi) is 6.68. The summed E-state index contributed by atoms with van der Waals surface area (Å²) in [5.41, 5.74) is 0.103. The van der Waals surface area contributed by atoms with Crippen LogP contribution in [0, 0.1) is 0 Å². The standard InChI is InChI=1S/C21H25N5O5S2/c1-31-17-8-3-7-16(12-17)22-18(27)14-25-21(28)26(19-9-5-11-32-19)20(23-25)15-6-4-10-24(13-15)33(2,29)30/h3,5,7-9,11-12,15H,4,6,10,13-14H2,1-2H3,(H,22,27). The average Bonchev–Trinajstić information content (AvgIpc) is 3.41. The zero-order valence-corrected chi connectivity index (χ0v) is 19.9. The Morgan fingerprint density at radius 2 is 2.12 bits per heavy atom. The van der Waals surface area contributed by atoms with Gasteiger partial charge in [0, 0.05) is 30.8 Å².